The number of hydrogen-bond acceptors (Lipinski definition) is 3. The van der Waals surface area contributed by atoms with E-state index in [1.165, 1.54) is 0 Å². The first kappa shape index (κ1) is 6.99. The molecule has 1 saturated heterocycles. The van der Waals surface area contributed by atoms with Gasteiger partial charge in [-0.15, -0.1) is 0 Å². The summed E-state index contributed by atoms with van der Waals surface area (Å²) in [5, 5.41) is 11.8. The van der Waals surface area contributed by atoms with Crippen molar-refractivity contribution in [2.24, 2.45) is 0 Å². The number of hydroxylamine groups is 2. The molecule has 3 nitrogen and oxygen atoms in total. The number of hydrogen-bond donors (Lipinski definition) is 0. The molecule has 0 atom stereocenters. The van der Waals surface area contributed by atoms with Crippen LogP contribution in [0.1, 0.15) is 13.8 Å². The molecule has 0 radical (unpaired) electrons. The molecule has 0 N–H and O–H groups in total. The molecule has 0 aromatic rings. The van der Waals surface area contributed by atoms with E-state index in [1.807, 2.05) is 13.8 Å². The fourth-order valence-corrected chi connectivity index (χ4v) is 0.973. The Morgan fingerprint density at radius 2 is 2.22 bits per heavy atom. The lowest BCUT2D eigenvalue weighted by molar-refractivity contribution is -0.0732. The van der Waals surface area contributed by atoms with Crippen molar-refractivity contribution in [1.29, 1.82) is 0 Å². The monoisotopic (exact) mass is 130 g/mol. The number of morpholine rings is 1. The summed E-state index contributed by atoms with van der Waals surface area (Å²) >= 11 is 0. The summed E-state index contributed by atoms with van der Waals surface area (Å²) in [6.07, 6.45) is 0. The Balaban J connectivity index is 2.41. The number of ether oxygens (including phenoxy) is 1. The van der Waals surface area contributed by atoms with E-state index in [9.17, 15) is 5.21 Å². The summed E-state index contributed by atoms with van der Waals surface area (Å²) in [5.74, 6) is 0. The summed E-state index contributed by atoms with van der Waals surface area (Å²) in [6.45, 7) is 5.43. The summed E-state index contributed by atoms with van der Waals surface area (Å²) in [4.78, 5) is 0. The largest absolute Gasteiger partial charge is 0.785 e. The van der Waals surface area contributed by atoms with Crippen molar-refractivity contribution in [3.63, 3.8) is 0 Å². The zero-order chi connectivity index (χ0) is 6.91. The third-order valence-corrected chi connectivity index (χ3v) is 1.39. The zero-order valence-electron chi connectivity index (χ0n) is 5.89. The highest BCUT2D eigenvalue weighted by molar-refractivity contribution is 4.78. The van der Waals surface area contributed by atoms with Crippen molar-refractivity contribution >= 4 is 0 Å². The van der Waals surface area contributed by atoms with Crippen molar-refractivity contribution in [3.05, 3.63) is 5.21 Å². The highest BCUT2D eigenvalue weighted by atomic mass is 16.5. The van der Waals surface area contributed by atoms with Crippen molar-refractivity contribution in [2.75, 3.05) is 19.7 Å². The van der Waals surface area contributed by atoms with Crippen LogP contribution in [0, 0.1) is 5.21 Å². The third kappa shape index (κ3) is 1.93. The molecule has 0 amide bonds. The van der Waals surface area contributed by atoms with Gasteiger partial charge in [-0.05, 0) is 13.8 Å². The van der Waals surface area contributed by atoms with Crippen LogP contribution in [0.25, 0.3) is 0 Å². The molecule has 1 aliphatic rings. The average molecular weight is 130 g/mol. The molecule has 0 bridgehead atoms. The fraction of sp³-hybridized carbons (Fsp3) is 1.00. The normalized spacial score (nSPS) is 28.3. The maximum Gasteiger partial charge on any atom is 0.0744 e. The first-order valence-electron chi connectivity index (χ1n) is 3.16. The smallest absolute Gasteiger partial charge is 0.0744 e. The van der Waals surface area contributed by atoms with Gasteiger partial charge in [-0.25, -0.2) is 0 Å². The van der Waals surface area contributed by atoms with Crippen LogP contribution in [0.4, 0.5) is 0 Å². The van der Waals surface area contributed by atoms with Gasteiger partial charge in [0.25, 0.3) is 0 Å². The van der Waals surface area contributed by atoms with Crippen LogP contribution in [0.3, 0.4) is 0 Å². The van der Waals surface area contributed by atoms with Crippen LogP contribution >= 0.6 is 0 Å². The van der Waals surface area contributed by atoms with Crippen LogP contribution in [0.15, 0.2) is 0 Å². The first-order chi connectivity index (χ1) is 4.10. The first-order valence-corrected chi connectivity index (χ1v) is 3.16. The minimum atomic E-state index is -0.236. The lowest BCUT2D eigenvalue weighted by Crippen LogP contribution is -2.45. The minimum absolute atomic E-state index is 0.236. The van der Waals surface area contributed by atoms with Crippen LogP contribution in [-0.4, -0.2) is 30.4 Å². The van der Waals surface area contributed by atoms with Crippen LogP contribution in [0.5, 0.6) is 0 Å². The molecule has 1 rings (SSSR count). The van der Waals surface area contributed by atoms with Gasteiger partial charge in [-0.2, -0.15) is 0 Å². The van der Waals surface area contributed by atoms with Gasteiger partial charge < -0.3 is 15.0 Å². The van der Waals surface area contributed by atoms with Crippen LogP contribution in [-0.2, 0) is 4.74 Å². The highest BCUT2D eigenvalue weighted by Gasteiger charge is 2.22. The Labute approximate surface area is 55.2 Å². The Hall–Kier alpha value is -0.120. The Kier molecular flexibility index (Phi) is 1.75. The second kappa shape index (κ2) is 2.25. The maximum absolute atomic E-state index is 10.7. The Morgan fingerprint density at radius 1 is 1.56 bits per heavy atom. The lowest BCUT2D eigenvalue weighted by atomic mass is 10.1. The maximum atomic E-state index is 10.7. The predicted molar refractivity (Wildman–Crippen MR) is 35.0 cm³/mol. The molecule has 1 fully saturated rings. The van der Waals surface area contributed by atoms with Gasteiger partial charge in [0, 0.05) is 13.1 Å². The topological polar surface area (TPSA) is 35.5 Å². The lowest BCUT2D eigenvalue weighted by Gasteiger charge is -2.41. The van der Waals surface area contributed by atoms with Gasteiger partial charge >= 0.3 is 0 Å². The molecule has 0 aromatic carbocycles. The van der Waals surface area contributed by atoms with E-state index in [0.717, 1.165) is 5.06 Å². The molecule has 9 heavy (non-hydrogen) atoms. The van der Waals surface area contributed by atoms with Crippen LogP contribution in [0.2, 0.25) is 0 Å². The second-order valence-corrected chi connectivity index (χ2v) is 2.97. The van der Waals surface area contributed by atoms with E-state index in [-0.39, 0.29) is 5.60 Å². The quantitative estimate of drug-likeness (QED) is 0.481. The molecule has 0 unspecified atom stereocenters. The SMILES string of the molecule is CC1(C)CN([O-])CCO1. The van der Waals surface area contributed by atoms with E-state index >= 15 is 0 Å². The third-order valence-electron chi connectivity index (χ3n) is 1.39. The molecule has 0 aromatic heterocycles. The standard InChI is InChI=1S/C6H12NO2/c1-6(2)5-7(8)3-4-9-6/h3-5H2,1-2H3/q-1. The number of nitrogens with zero attached hydrogens (tertiary/aromatic N) is 1. The van der Waals surface area contributed by atoms with E-state index in [0.29, 0.717) is 19.7 Å². The van der Waals surface area contributed by atoms with Gasteiger partial charge in [0.05, 0.1) is 12.2 Å². The van der Waals surface area contributed by atoms with Gasteiger partial charge in [0.15, 0.2) is 0 Å². The van der Waals surface area contributed by atoms with Gasteiger partial charge in [0.1, 0.15) is 0 Å². The molecule has 1 aliphatic heterocycles. The van der Waals surface area contributed by atoms with Crippen molar-refractivity contribution in [3.8, 4) is 0 Å². The summed E-state index contributed by atoms with van der Waals surface area (Å²) in [7, 11) is 0. The molecule has 54 valence electrons. The van der Waals surface area contributed by atoms with E-state index in [1.54, 1.807) is 0 Å². The van der Waals surface area contributed by atoms with E-state index in [4.69, 9.17) is 4.74 Å². The predicted octanol–water partition coefficient (Wildman–Crippen LogP) is 0.595. The van der Waals surface area contributed by atoms with Crippen molar-refractivity contribution < 1.29 is 4.74 Å². The molecule has 0 aliphatic carbocycles. The van der Waals surface area contributed by atoms with Crippen molar-refractivity contribution in [1.82, 2.24) is 5.06 Å². The molecular weight excluding hydrogens is 118 g/mol. The average Bonchev–Trinajstić information content (AvgIpc) is 1.60. The second-order valence-electron chi connectivity index (χ2n) is 2.97. The zero-order valence-corrected chi connectivity index (χ0v) is 5.89. The summed E-state index contributed by atoms with van der Waals surface area (Å²) < 4.78 is 5.29. The summed E-state index contributed by atoms with van der Waals surface area (Å²) in [5.41, 5.74) is -0.236. The molecule has 1 heterocycles. The highest BCUT2D eigenvalue weighted by Crippen LogP contribution is 2.14. The van der Waals surface area contributed by atoms with E-state index in [2.05, 4.69) is 0 Å². The molecule has 3 heteroatoms. The fourth-order valence-electron chi connectivity index (χ4n) is 0.973. The van der Waals surface area contributed by atoms with Crippen molar-refractivity contribution in [2.45, 2.75) is 19.4 Å². The van der Waals surface area contributed by atoms with Gasteiger partial charge in [-0.1, -0.05) is 0 Å². The summed E-state index contributed by atoms with van der Waals surface area (Å²) in [6, 6.07) is 0. The molecule has 0 spiro atoms. The Morgan fingerprint density at radius 3 is 2.56 bits per heavy atom. The van der Waals surface area contributed by atoms with Gasteiger partial charge in [-0.3, -0.25) is 0 Å². The minimum Gasteiger partial charge on any atom is -0.785 e. The Bertz CT molecular complexity index is 103. The molecular formula is C6H12NO2-. The number of rotatable bonds is 0. The van der Waals surface area contributed by atoms with E-state index < -0.39 is 0 Å². The van der Waals surface area contributed by atoms with Gasteiger partial charge in [0.2, 0.25) is 0 Å². The van der Waals surface area contributed by atoms with Crippen LogP contribution < -0.4 is 0 Å². The molecule has 0 saturated carbocycles.